The fourth-order valence-electron chi connectivity index (χ4n) is 2.13. The summed E-state index contributed by atoms with van der Waals surface area (Å²) in [4.78, 5) is 0. The zero-order valence-corrected chi connectivity index (χ0v) is 10.5. The van der Waals surface area contributed by atoms with Gasteiger partial charge in [0.2, 0.25) is 0 Å². The number of aromatic nitrogens is 2. The van der Waals surface area contributed by atoms with Crippen LogP contribution in [0.5, 0.6) is 0 Å². The summed E-state index contributed by atoms with van der Waals surface area (Å²) >= 11 is 0. The molecule has 2 rings (SSSR count). The van der Waals surface area contributed by atoms with Crippen molar-refractivity contribution in [2.45, 2.75) is 25.6 Å². The summed E-state index contributed by atoms with van der Waals surface area (Å²) in [5, 5.41) is 4.17. The van der Waals surface area contributed by atoms with Gasteiger partial charge in [0.05, 0.1) is 5.69 Å². The van der Waals surface area contributed by atoms with Gasteiger partial charge < -0.3 is 5.73 Å². The predicted octanol–water partition coefficient (Wildman–Crippen LogP) is 2.46. The summed E-state index contributed by atoms with van der Waals surface area (Å²) in [7, 11) is 0. The van der Waals surface area contributed by atoms with E-state index in [1.54, 1.807) is 29.1 Å². The molecule has 0 amide bonds. The second-order valence-electron chi connectivity index (χ2n) is 4.31. The van der Waals surface area contributed by atoms with Crippen LogP contribution < -0.4 is 5.73 Å². The van der Waals surface area contributed by atoms with Crippen molar-refractivity contribution < 1.29 is 4.39 Å². The third-order valence-corrected chi connectivity index (χ3v) is 3.07. The van der Waals surface area contributed by atoms with Crippen LogP contribution in [0.2, 0.25) is 0 Å². The maximum Gasteiger partial charge on any atom is 0.189 e. The van der Waals surface area contributed by atoms with Crippen LogP contribution in [0.15, 0.2) is 42.6 Å². The number of halogens is 1. The van der Waals surface area contributed by atoms with Gasteiger partial charge in [0.1, 0.15) is 0 Å². The molecule has 1 aromatic heterocycles. The molecule has 0 aliphatic heterocycles. The van der Waals surface area contributed by atoms with E-state index in [2.05, 4.69) is 5.10 Å². The van der Waals surface area contributed by atoms with E-state index in [0.717, 1.165) is 6.42 Å². The average molecular weight is 247 g/mol. The minimum absolute atomic E-state index is 0.0909. The van der Waals surface area contributed by atoms with Crippen molar-refractivity contribution in [2.24, 2.45) is 5.73 Å². The van der Waals surface area contributed by atoms with Crippen LogP contribution >= 0.6 is 0 Å². The van der Waals surface area contributed by atoms with Gasteiger partial charge in [-0.2, -0.15) is 5.10 Å². The van der Waals surface area contributed by atoms with Gasteiger partial charge in [0.25, 0.3) is 0 Å². The number of alkyl halides is 1. The standard InChI is InChI=1S/C14H18FN3/c1-2-10-18-13(8-9-17-18)14(15,11-16)12-6-4-3-5-7-12/h3-9H,2,10-11,16H2,1H3. The number of aryl methyl sites for hydroxylation is 1. The zero-order valence-electron chi connectivity index (χ0n) is 10.5. The van der Waals surface area contributed by atoms with E-state index in [4.69, 9.17) is 5.73 Å². The Bertz CT molecular complexity index is 495. The van der Waals surface area contributed by atoms with Gasteiger partial charge in [-0.25, -0.2) is 4.39 Å². The summed E-state index contributed by atoms with van der Waals surface area (Å²) in [6, 6.07) is 10.7. The monoisotopic (exact) mass is 247 g/mol. The molecular weight excluding hydrogens is 229 g/mol. The number of rotatable bonds is 5. The van der Waals surface area contributed by atoms with E-state index >= 15 is 4.39 Å². The summed E-state index contributed by atoms with van der Waals surface area (Å²) in [5.41, 5.74) is 5.11. The minimum atomic E-state index is -1.67. The third-order valence-electron chi connectivity index (χ3n) is 3.07. The topological polar surface area (TPSA) is 43.8 Å². The van der Waals surface area contributed by atoms with Crippen molar-refractivity contribution >= 4 is 0 Å². The van der Waals surface area contributed by atoms with Crippen LogP contribution in [-0.2, 0) is 12.2 Å². The van der Waals surface area contributed by atoms with Crippen molar-refractivity contribution in [3.63, 3.8) is 0 Å². The summed E-state index contributed by atoms with van der Waals surface area (Å²) < 4.78 is 16.9. The average Bonchev–Trinajstić information content (AvgIpc) is 2.88. The van der Waals surface area contributed by atoms with Gasteiger partial charge in [-0.1, -0.05) is 37.3 Å². The van der Waals surface area contributed by atoms with E-state index in [1.165, 1.54) is 0 Å². The summed E-state index contributed by atoms with van der Waals surface area (Å²) in [6.45, 7) is 2.64. The number of hydrogen-bond donors (Lipinski definition) is 1. The van der Waals surface area contributed by atoms with E-state index < -0.39 is 5.67 Å². The summed E-state index contributed by atoms with van der Waals surface area (Å²) in [6.07, 6.45) is 2.53. The molecule has 1 heterocycles. The maximum atomic E-state index is 15.2. The molecule has 2 N–H and O–H groups in total. The van der Waals surface area contributed by atoms with Crippen molar-refractivity contribution in [3.8, 4) is 0 Å². The SMILES string of the molecule is CCCn1nccc1C(F)(CN)c1ccccc1. The molecule has 0 spiro atoms. The van der Waals surface area contributed by atoms with Crippen LogP contribution in [0.4, 0.5) is 4.39 Å². The Morgan fingerprint density at radius 3 is 2.61 bits per heavy atom. The second kappa shape index (κ2) is 5.31. The number of nitrogens with zero attached hydrogens (tertiary/aromatic N) is 2. The van der Waals surface area contributed by atoms with Gasteiger partial charge in [-0.15, -0.1) is 0 Å². The fourth-order valence-corrected chi connectivity index (χ4v) is 2.13. The Kier molecular flexibility index (Phi) is 3.77. The van der Waals surface area contributed by atoms with Gasteiger partial charge in [-0.3, -0.25) is 4.68 Å². The first kappa shape index (κ1) is 12.8. The van der Waals surface area contributed by atoms with Gasteiger partial charge in [0.15, 0.2) is 5.67 Å². The van der Waals surface area contributed by atoms with Crippen molar-refractivity contribution in [1.29, 1.82) is 0 Å². The van der Waals surface area contributed by atoms with E-state index in [-0.39, 0.29) is 6.54 Å². The van der Waals surface area contributed by atoms with E-state index in [0.29, 0.717) is 17.8 Å². The van der Waals surface area contributed by atoms with Gasteiger partial charge in [0, 0.05) is 19.3 Å². The number of benzene rings is 1. The summed E-state index contributed by atoms with van der Waals surface area (Å²) in [5.74, 6) is 0. The van der Waals surface area contributed by atoms with Crippen LogP contribution in [0.25, 0.3) is 0 Å². The first-order chi connectivity index (χ1) is 8.72. The molecule has 18 heavy (non-hydrogen) atoms. The van der Waals surface area contributed by atoms with E-state index in [1.807, 2.05) is 25.1 Å². The van der Waals surface area contributed by atoms with Crippen molar-refractivity contribution in [3.05, 3.63) is 53.9 Å². The molecule has 0 radical (unpaired) electrons. The van der Waals surface area contributed by atoms with Crippen molar-refractivity contribution in [2.75, 3.05) is 6.54 Å². The highest BCUT2D eigenvalue weighted by molar-refractivity contribution is 5.32. The molecule has 1 aromatic carbocycles. The first-order valence-corrected chi connectivity index (χ1v) is 6.19. The lowest BCUT2D eigenvalue weighted by molar-refractivity contribution is 0.214. The highest BCUT2D eigenvalue weighted by Crippen LogP contribution is 2.32. The van der Waals surface area contributed by atoms with Gasteiger partial charge >= 0.3 is 0 Å². The molecule has 4 heteroatoms. The zero-order chi connectivity index (χ0) is 13.0. The van der Waals surface area contributed by atoms with Crippen molar-refractivity contribution in [1.82, 2.24) is 9.78 Å². The second-order valence-corrected chi connectivity index (χ2v) is 4.31. The fraction of sp³-hybridized carbons (Fsp3) is 0.357. The Labute approximate surface area is 106 Å². The molecule has 3 nitrogen and oxygen atoms in total. The maximum absolute atomic E-state index is 15.2. The molecule has 1 atom stereocenters. The molecule has 0 saturated carbocycles. The Morgan fingerprint density at radius 2 is 2.00 bits per heavy atom. The van der Waals surface area contributed by atoms with E-state index in [9.17, 15) is 0 Å². The molecule has 0 fully saturated rings. The number of nitrogens with two attached hydrogens (primary N) is 1. The molecule has 2 aromatic rings. The predicted molar refractivity (Wildman–Crippen MR) is 69.9 cm³/mol. The molecular formula is C14H18FN3. The molecule has 0 bridgehead atoms. The molecule has 0 saturated heterocycles. The highest BCUT2D eigenvalue weighted by Gasteiger charge is 2.35. The quantitative estimate of drug-likeness (QED) is 0.882. The van der Waals surface area contributed by atoms with Gasteiger partial charge in [-0.05, 0) is 18.1 Å². The minimum Gasteiger partial charge on any atom is -0.327 e. The number of hydrogen-bond acceptors (Lipinski definition) is 2. The lowest BCUT2D eigenvalue weighted by atomic mass is 9.92. The Morgan fingerprint density at radius 1 is 1.28 bits per heavy atom. The molecule has 0 aliphatic rings. The molecule has 1 unspecified atom stereocenters. The van der Waals surface area contributed by atoms with Crippen LogP contribution in [0.1, 0.15) is 24.6 Å². The van der Waals surface area contributed by atoms with Crippen LogP contribution in [0.3, 0.4) is 0 Å². The highest BCUT2D eigenvalue weighted by atomic mass is 19.1. The molecule has 0 aliphatic carbocycles. The van der Waals surface area contributed by atoms with Crippen LogP contribution in [-0.4, -0.2) is 16.3 Å². The largest absolute Gasteiger partial charge is 0.327 e. The normalized spacial score (nSPS) is 14.4. The lowest BCUT2D eigenvalue weighted by Gasteiger charge is -2.25. The smallest absolute Gasteiger partial charge is 0.189 e. The third kappa shape index (κ3) is 2.16. The Hall–Kier alpha value is -1.68. The molecule has 96 valence electrons. The lowest BCUT2D eigenvalue weighted by Crippen LogP contribution is -2.34. The van der Waals surface area contributed by atoms with Crippen LogP contribution in [0, 0.1) is 0 Å². The Balaban J connectivity index is 2.46. The first-order valence-electron chi connectivity index (χ1n) is 6.19.